The number of carbonyl (C=O) groups is 1. The molecule has 0 atom stereocenters. The molecule has 3 nitrogen and oxygen atoms in total. The van der Waals surface area contributed by atoms with Crippen LogP contribution in [-0.4, -0.2) is 23.9 Å². The number of hydrogen-bond donors (Lipinski definition) is 1. The molecule has 0 spiro atoms. The molecule has 2 rings (SSSR count). The van der Waals surface area contributed by atoms with Gasteiger partial charge in [-0.1, -0.05) is 61.0 Å². The lowest BCUT2D eigenvalue weighted by molar-refractivity contribution is -0.122. The second kappa shape index (κ2) is 8.57. The van der Waals surface area contributed by atoms with Crippen LogP contribution >= 0.6 is 11.6 Å². The molecule has 0 aliphatic carbocycles. The largest absolute Gasteiger partial charge is 0.351 e. The number of likely N-dealkylation sites (N-methyl/N-ethyl adjacent to an activating group) is 1. The molecule has 0 radical (unpaired) electrons. The van der Waals surface area contributed by atoms with E-state index in [1.165, 1.54) is 5.56 Å². The summed E-state index contributed by atoms with van der Waals surface area (Å²) >= 11 is 5.85. The van der Waals surface area contributed by atoms with Crippen molar-refractivity contribution in [2.45, 2.75) is 20.0 Å². The van der Waals surface area contributed by atoms with E-state index in [9.17, 15) is 4.79 Å². The van der Waals surface area contributed by atoms with E-state index in [2.05, 4.69) is 29.3 Å². The number of rotatable bonds is 7. The fraction of sp³-hybridized carbons (Fsp3) is 0.278. The first-order chi connectivity index (χ1) is 10.7. The van der Waals surface area contributed by atoms with Crippen LogP contribution in [0.4, 0.5) is 0 Å². The summed E-state index contributed by atoms with van der Waals surface area (Å²) in [5.74, 6) is 0.0349. The van der Waals surface area contributed by atoms with E-state index in [0.29, 0.717) is 18.1 Å². The fourth-order valence-corrected chi connectivity index (χ4v) is 2.31. The van der Waals surface area contributed by atoms with Crippen LogP contribution in [0, 0.1) is 0 Å². The number of nitrogens with zero attached hydrogens (tertiary/aromatic N) is 1. The summed E-state index contributed by atoms with van der Waals surface area (Å²) in [7, 11) is 0. The molecule has 0 saturated heterocycles. The summed E-state index contributed by atoms with van der Waals surface area (Å²) in [5.41, 5.74) is 2.26. The van der Waals surface area contributed by atoms with Crippen molar-refractivity contribution < 1.29 is 4.79 Å². The van der Waals surface area contributed by atoms with E-state index in [0.717, 1.165) is 18.7 Å². The summed E-state index contributed by atoms with van der Waals surface area (Å²) in [6.45, 7) is 4.61. The van der Waals surface area contributed by atoms with Crippen LogP contribution in [0.3, 0.4) is 0 Å². The molecular weight excluding hydrogens is 296 g/mol. The Bertz CT molecular complexity index is 584. The third-order valence-corrected chi connectivity index (χ3v) is 3.72. The smallest absolute Gasteiger partial charge is 0.234 e. The Hall–Kier alpha value is -1.84. The Morgan fingerprint density at radius 2 is 1.73 bits per heavy atom. The molecule has 0 bridgehead atoms. The molecule has 22 heavy (non-hydrogen) atoms. The van der Waals surface area contributed by atoms with Crippen molar-refractivity contribution >= 4 is 17.5 Å². The van der Waals surface area contributed by atoms with Gasteiger partial charge in [0.15, 0.2) is 0 Å². The SMILES string of the molecule is CCN(CC(=O)NCc1ccc(Cl)cc1)Cc1ccccc1. The minimum Gasteiger partial charge on any atom is -0.351 e. The highest BCUT2D eigenvalue weighted by molar-refractivity contribution is 6.30. The quantitative estimate of drug-likeness (QED) is 0.848. The van der Waals surface area contributed by atoms with Gasteiger partial charge in [0.2, 0.25) is 5.91 Å². The van der Waals surface area contributed by atoms with Crippen molar-refractivity contribution in [2.24, 2.45) is 0 Å². The lowest BCUT2D eigenvalue weighted by Crippen LogP contribution is -2.36. The van der Waals surface area contributed by atoms with Crippen LogP contribution in [0.2, 0.25) is 5.02 Å². The summed E-state index contributed by atoms with van der Waals surface area (Å²) in [4.78, 5) is 14.2. The zero-order valence-electron chi connectivity index (χ0n) is 12.8. The predicted molar refractivity (Wildman–Crippen MR) is 90.7 cm³/mol. The summed E-state index contributed by atoms with van der Waals surface area (Å²) < 4.78 is 0. The maximum atomic E-state index is 12.1. The maximum absolute atomic E-state index is 12.1. The second-order valence-corrected chi connectivity index (χ2v) is 5.63. The zero-order chi connectivity index (χ0) is 15.8. The van der Waals surface area contributed by atoms with Gasteiger partial charge in [0.25, 0.3) is 0 Å². The predicted octanol–water partition coefficient (Wildman–Crippen LogP) is 3.48. The van der Waals surface area contributed by atoms with Gasteiger partial charge in [-0.05, 0) is 29.8 Å². The molecular formula is C18H21ClN2O. The van der Waals surface area contributed by atoms with Crippen molar-refractivity contribution in [3.8, 4) is 0 Å². The highest BCUT2D eigenvalue weighted by atomic mass is 35.5. The van der Waals surface area contributed by atoms with Gasteiger partial charge < -0.3 is 5.32 Å². The number of nitrogens with one attached hydrogen (secondary N) is 1. The number of amides is 1. The summed E-state index contributed by atoms with van der Waals surface area (Å²) in [6, 6.07) is 17.7. The van der Waals surface area contributed by atoms with Crippen LogP contribution in [0.15, 0.2) is 54.6 Å². The van der Waals surface area contributed by atoms with Crippen LogP contribution in [0.25, 0.3) is 0 Å². The van der Waals surface area contributed by atoms with Crippen LogP contribution < -0.4 is 5.32 Å². The van der Waals surface area contributed by atoms with E-state index >= 15 is 0 Å². The van der Waals surface area contributed by atoms with Crippen molar-refractivity contribution in [3.05, 3.63) is 70.7 Å². The number of carbonyl (C=O) groups excluding carboxylic acids is 1. The number of halogens is 1. The van der Waals surface area contributed by atoms with Crippen LogP contribution in [0.5, 0.6) is 0 Å². The van der Waals surface area contributed by atoms with Crippen LogP contribution in [-0.2, 0) is 17.9 Å². The van der Waals surface area contributed by atoms with E-state index in [1.54, 1.807) is 0 Å². The van der Waals surface area contributed by atoms with Gasteiger partial charge in [0.05, 0.1) is 6.54 Å². The normalized spacial score (nSPS) is 10.7. The number of benzene rings is 2. The van der Waals surface area contributed by atoms with E-state index in [-0.39, 0.29) is 5.91 Å². The van der Waals surface area contributed by atoms with E-state index in [1.807, 2.05) is 42.5 Å². The van der Waals surface area contributed by atoms with Gasteiger partial charge in [0.1, 0.15) is 0 Å². The lowest BCUT2D eigenvalue weighted by atomic mass is 10.2. The first-order valence-electron chi connectivity index (χ1n) is 7.45. The average molecular weight is 317 g/mol. The van der Waals surface area contributed by atoms with Crippen molar-refractivity contribution in [2.75, 3.05) is 13.1 Å². The highest BCUT2D eigenvalue weighted by Gasteiger charge is 2.09. The standard InChI is InChI=1S/C18H21ClN2O/c1-2-21(13-16-6-4-3-5-7-16)14-18(22)20-12-15-8-10-17(19)11-9-15/h3-11H,2,12-14H2,1H3,(H,20,22). The number of hydrogen-bond acceptors (Lipinski definition) is 2. The van der Waals surface area contributed by atoms with Gasteiger partial charge in [-0.2, -0.15) is 0 Å². The fourth-order valence-electron chi connectivity index (χ4n) is 2.18. The molecule has 0 aromatic heterocycles. The van der Waals surface area contributed by atoms with E-state index in [4.69, 9.17) is 11.6 Å². The van der Waals surface area contributed by atoms with Crippen molar-refractivity contribution in [1.29, 1.82) is 0 Å². The Labute approximate surface area is 136 Å². The van der Waals surface area contributed by atoms with Crippen LogP contribution in [0.1, 0.15) is 18.1 Å². The van der Waals surface area contributed by atoms with E-state index < -0.39 is 0 Å². The third kappa shape index (κ3) is 5.51. The van der Waals surface area contributed by atoms with Gasteiger partial charge in [-0.15, -0.1) is 0 Å². The monoisotopic (exact) mass is 316 g/mol. The molecule has 1 N–H and O–H groups in total. The van der Waals surface area contributed by atoms with Gasteiger partial charge in [0, 0.05) is 18.1 Å². The Balaban J connectivity index is 1.80. The topological polar surface area (TPSA) is 32.3 Å². The molecule has 0 heterocycles. The second-order valence-electron chi connectivity index (χ2n) is 5.19. The Kier molecular flexibility index (Phi) is 6.44. The maximum Gasteiger partial charge on any atom is 0.234 e. The highest BCUT2D eigenvalue weighted by Crippen LogP contribution is 2.09. The Morgan fingerprint density at radius 3 is 2.36 bits per heavy atom. The van der Waals surface area contributed by atoms with Gasteiger partial charge in [-0.3, -0.25) is 9.69 Å². The average Bonchev–Trinajstić information content (AvgIpc) is 2.54. The molecule has 2 aromatic carbocycles. The molecule has 0 aliphatic heterocycles. The first-order valence-corrected chi connectivity index (χ1v) is 7.82. The zero-order valence-corrected chi connectivity index (χ0v) is 13.5. The minimum absolute atomic E-state index is 0.0349. The van der Waals surface area contributed by atoms with Gasteiger partial charge >= 0.3 is 0 Å². The lowest BCUT2D eigenvalue weighted by Gasteiger charge is -2.20. The molecule has 4 heteroatoms. The molecule has 0 fully saturated rings. The summed E-state index contributed by atoms with van der Waals surface area (Å²) in [6.07, 6.45) is 0. The molecule has 0 aliphatic rings. The first kappa shape index (κ1) is 16.5. The van der Waals surface area contributed by atoms with Crippen molar-refractivity contribution in [3.63, 3.8) is 0 Å². The summed E-state index contributed by atoms with van der Waals surface area (Å²) in [5, 5.41) is 3.65. The molecule has 0 unspecified atom stereocenters. The minimum atomic E-state index is 0.0349. The molecule has 0 saturated carbocycles. The molecule has 1 amide bonds. The third-order valence-electron chi connectivity index (χ3n) is 3.47. The Morgan fingerprint density at radius 1 is 1.05 bits per heavy atom. The van der Waals surface area contributed by atoms with Crippen molar-refractivity contribution in [1.82, 2.24) is 10.2 Å². The van der Waals surface area contributed by atoms with Gasteiger partial charge in [-0.25, -0.2) is 0 Å². The molecule has 116 valence electrons. The molecule has 2 aromatic rings.